The van der Waals surface area contributed by atoms with E-state index in [4.69, 9.17) is 15.3 Å². The molecule has 4 nitrogen and oxygen atoms in total. The number of ether oxygens (including phenoxy) is 1. The van der Waals surface area contributed by atoms with Gasteiger partial charge in [0, 0.05) is 23.3 Å². The van der Waals surface area contributed by atoms with Crippen LogP contribution in [0.1, 0.15) is 52.0 Å². The number of nitriles is 2. The van der Waals surface area contributed by atoms with Crippen LogP contribution in [0.4, 0.5) is 5.69 Å². The van der Waals surface area contributed by atoms with Crippen LogP contribution in [-0.2, 0) is 4.74 Å². The normalized spacial score (nSPS) is 21.7. The summed E-state index contributed by atoms with van der Waals surface area (Å²) in [7, 11) is 0. The van der Waals surface area contributed by atoms with E-state index in [1.165, 1.54) is 31.4 Å². The fraction of sp³-hybridized carbons (Fsp3) is 0.360. The summed E-state index contributed by atoms with van der Waals surface area (Å²) >= 11 is 0. The quantitative estimate of drug-likeness (QED) is 0.595. The predicted molar refractivity (Wildman–Crippen MR) is 117 cm³/mol. The second-order valence-corrected chi connectivity index (χ2v) is 7.63. The number of piperidine rings is 1. The van der Waals surface area contributed by atoms with E-state index in [1.54, 1.807) is 12.2 Å². The van der Waals surface area contributed by atoms with Crippen molar-refractivity contribution in [3.63, 3.8) is 0 Å². The molecule has 0 bridgehead atoms. The molecule has 29 heavy (non-hydrogen) atoms. The topological polar surface area (TPSA) is 60.0 Å². The Hall–Kier alpha value is -3.24. The Morgan fingerprint density at radius 1 is 1.14 bits per heavy atom. The number of hydrogen-bond acceptors (Lipinski definition) is 4. The monoisotopic (exact) mass is 385 g/mol. The number of benzene rings is 1. The lowest BCUT2D eigenvalue weighted by Crippen LogP contribution is -2.45. The Bertz CT molecular complexity index is 935. The highest BCUT2D eigenvalue weighted by atomic mass is 16.5. The van der Waals surface area contributed by atoms with Crippen LogP contribution in [0, 0.1) is 22.7 Å². The largest absolute Gasteiger partial charge is 0.462 e. The lowest BCUT2D eigenvalue weighted by Gasteiger charge is -2.42. The first-order valence-corrected chi connectivity index (χ1v) is 10.2. The molecule has 3 rings (SSSR count). The third kappa shape index (κ3) is 4.79. The maximum atomic E-state index is 9.10. The minimum Gasteiger partial charge on any atom is -0.462 e. The standard InChI is InChI=1S/C25H27N3O/c1-4-23-7-5-6-18(2)28(23)24-11-8-20(9-12-24)10-13-25-15-21(14-19(3)29-25)22(16-26)17-27/h8-15,18,23H,4-7H2,1-3H3. The molecule has 0 radical (unpaired) electrons. The summed E-state index contributed by atoms with van der Waals surface area (Å²) in [6.07, 6.45) is 12.3. The van der Waals surface area contributed by atoms with Crippen molar-refractivity contribution in [2.75, 3.05) is 4.90 Å². The average molecular weight is 386 g/mol. The van der Waals surface area contributed by atoms with Gasteiger partial charge in [0.2, 0.25) is 0 Å². The molecular formula is C25H27N3O. The number of anilines is 1. The molecule has 0 spiro atoms. The minimum absolute atomic E-state index is 0.0871. The van der Waals surface area contributed by atoms with Crippen molar-refractivity contribution in [1.29, 1.82) is 10.5 Å². The SMILES string of the molecule is CCC1CCCC(C)N1c1ccc(C=CC2=CC(=C(C#N)C#N)C=C(C)O2)cc1. The molecule has 1 saturated heterocycles. The van der Waals surface area contributed by atoms with Gasteiger partial charge in [-0.3, -0.25) is 0 Å². The number of hydrogen-bond donors (Lipinski definition) is 0. The third-order valence-electron chi connectivity index (χ3n) is 5.58. The summed E-state index contributed by atoms with van der Waals surface area (Å²) in [6.45, 7) is 6.40. The summed E-state index contributed by atoms with van der Waals surface area (Å²) < 4.78 is 5.71. The molecule has 0 amide bonds. The van der Waals surface area contributed by atoms with E-state index in [1.807, 2.05) is 31.2 Å². The smallest absolute Gasteiger partial charge is 0.137 e. The highest BCUT2D eigenvalue weighted by Crippen LogP contribution is 2.31. The van der Waals surface area contributed by atoms with E-state index < -0.39 is 0 Å². The molecule has 2 heterocycles. The van der Waals surface area contributed by atoms with Crippen molar-refractivity contribution in [1.82, 2.24) is 0 Å². The Morgan fingerprint density at radius 2 is 1.86 bits per heavy atom. The van der Waals surface area contributed by atoms with Crippen LogP contribution in [0.15, 0.2) is 65.2 Å². The highest BCUT2D eigenvalue weighted by molar-refractivity contribution is 5.60. The predicted octanol–water partition coefficient (Wildman–Crippen LogP) is 6.02. The summed E-state index contributed by atoms with van der Waals surface area (Å²) in [5.74, 6) is 1.27. The van der Waals surface area contributed by atoms with E-state index in [2.05, 4.69) is 43.0 Å². The lowest BCUT2D eigenvalue weighted by atomic mass is 9.94. The van der Waals surface area contributed by atoms with Crippen LogP contribution in [0.5, 0.6) is 0 Å². The first kappa shape index (κ1) is 20.5. The van der Waals surface area contributed by atoms with Crippen molar-refractivity contribution in [3.05, 3.63) is 70.7 Å². The van der Waals surface area contributed by atoms with Gasteiger partial charge >= 0.3 is 0 Å². The van der Waals surface area contributed by atoms with E-state index in [0.29, 0.717) is 29.2 Å². The molecule has 1 aromatic carbocycles. The minimum atomic E-state index is 0.0871. The van der Waals surface area contributed by atoms with Crippen LogP contribution >= 0.6 is 0 Å². The molecule has 0 aliphatic carbocycles. The van der Waals surface area contributed by atoms with Gasteiger partial charge in [-0.2, -0.15) is 10.5 Å². The molecule has 2 aliphatic rings. The van der Waals surface area contributed by atoms with Gasteiger partial charge < -0.3 is 9.64 Å². The third-order valence-corrected chi connectivity index (χ3v) is 5.58. The summed E-state index contributed by atoms with van der Waals surface area (Å²) in [5, 5.41) is 18.2. The van der Waals surface area contributed by atoms with Crippen molar-refractivity contribution >= 4 is 11.8 Å². The maximum Gasteiger partial charge on any atom is 0.137 e. The van der Waals surface area contributed by atoms with E-state index in [0.717, 1.165) is 5.56 Å². The van der Waals surface area contributed by atoms with Crippen LogP contribution < -0.4 is 4.90 Å². The molecule has 0 N–H and O–H groups in total. The van der Waals surface area contributed by atoms with Crippen molar-refractivity contribution < 1.29 is 4.74 Å². The van der Waals surface area contributed by atoms with Gasteiger partial charge in [0.25, 0.3) is 0 Å². The number of allylic oxidation sites excluding steroid dienone is 6. The van der Waals surface area contributed by atoms with Gasteiger partial charge in [0.1, 0.15) is 29.2 Å². The summed E-state index contributed by atoms with van der Waals surface area (Å²) in [5.41, 5.74) is 3.03. The van der Waals surface area contributed by atoms with Gasteiger partial charge in [-0.05, 0) is 75.5 Å². The van der Waals surface area contributed by atoms with Gasteiger partial charge in [-0.25, -0.2) is 0 Å². The molecule has 0 saturated carbocycles. The Morgan fingerprint density at radius 3 is 2.52 bits per heavy atom. The summed E-state index contributed by atoms with van der Waals surface area (Å²) in [4.78, 5) is 2.57. The molecule has 1 fully saturated rings. The maximum absolute atomic E-state index is 9.10. The van der Waals surface area contributed by atoms with Crippen LogP contribution in [0.2, 0.25) is 0 Å². The molecule has 148 valence electrons. The zero-order valence-corrected chi connectivity index (χ0v) is 17.4. The van der Waals surface area contributed by atoms with Crippen molar-refractivity contribution in [2.45, 2.75) is 58.5 Å². The Labute approximate surface area is 173 Å². The molecule has 1 aromatic rings. The van der Waals surface area contributed by atoms with Gasteiger partial charge in [0.05, 0.1) is 0 Å². The molecule has 0 aromatic heterocycles. The fourth-order valence-corrected chi connectivity index (χ4v) is 4.13. The van der Waals surface area contributed by atoms with Gasteiger partial charge in [-0.1, -0.05) is 25.1 Å². The Balaban J connectivity index is 1.78. The molecule has 2 unspecified atom stereocenters. The summed E-state index contributed by atoms with van der Waals surface area (Å²) in [6, 6.07) is 13.7. The molecule has 4 heteroatoms. The second kappa shape index (κ2) is 9.30. The number of nitrogens with zero attached hydrogens (tertiary/aromatic N) is 3. The van der Waals surface area contributed by atoms with E-state index in [9.17, 15) is 0 Å². The molecule has 2 aliphatic heterocycles. The fourth-order valence-electron chi connectivity index (χ4n) is 4.13. The van der Waals surface area contributed by atoms with Crippen LogP contribution in [-0.4, -0.2) is 12.1 Å². The Kier molecular flexibility index (Phi) is 6.57. The van der Waals surface area contributed by atoms with Gasteiger partial charge in [0.15, 0.2) is 0 Å². The lowest BCUT2D eigenvalue weighted by molar-refractivity contribution is 0.318. The zero-order valence-electron chi connectivity index (χ0n) is 17.4. The number of rotatable bonds is 4. The zero-order chi connectivity index (χ0) is 20.8. The first-order valence-electron chi connectivity index (χ1n) is 10.2. The van der Waals surface area contributed by atoms with Crippen LogP contribution in [0.3, 0.4) is 0 Å². The van der Waals surface area contributed by atoms with Crippen molar-refractivity contribution in [3.8, 4) is 12.1 Å². The van der Waals surface area contributed by atoms with E-state index in [-0.39, 0.29) is 5.57 Å². The molecular weight excluding hydrogens is 358 g/mol. The second-order valence-electron chi connectivity index (χ2n) is 7.63. The first-order chi connectivity index (χ1) is 14.0. The van der Waals surface area contributed by atoms with Crippen molar-refractivity contribution in [2.24, 2.45) is 0 Å². The highest BCUT2D eigenvalue weighted by Gasteiger charge is 2.26. The van der Waals surface area contributed by atoms with Gasteiger partial charge in [-0.15, -0.1) is 0 Å². The molecule has 2 atom stereocenters. The van der Waals surface area contributed by atoms with E-state index >= 15 is 0 Å². The van der Waals surface area contributed by atoms with Crippen LogP contribution in [0.25, 0.3) is 6.08 Å². The average Bonchev–Trinajstić information content (AvgIpc) is 2.73.